The highest BCUT2D eigenvalue weighted by Gasteiger charge is 2.22. The molecule has 1 aliphatic rings. The van der Waals surface area contributed by atoms with Crippen molar-refractivity contribution in [1.82, 2.24) is 4.90 Å². The third-order valence-corrected chi connectivity index (χ3v) is 5.05. The van der Waals surface area contributed by atoms with E-state index in [0.29, 0.717) is 5.56 Å². The standard InChI is InChI=1S/C23H33NO2/c1-3-4-5-6-7-8-9-10-13-22(24-18-11-12-19-24)20-14-16-21(17-15-20)23(25)26-2/h14-17,22H,3-9,11-12,18-19H2,1-2H3. The van der Waals surface area contributed by atoms with E-state index in [9.17, 15) is 4.79 Å². The van der Waals surface area contributed by atoms with E-state index in [1.807, 2.05) is 24.3 Å². The van der Waals surface area contributed by atoms with Gasteiger partial charge in [-0.3, -0.25) is 4.90 Å². The smallest absolute Gasteiger partial charge is 0.337 e. The van der Waals surface area contributed by atoms with Gasteiger partial charge in [-0.2, -0.15) is 0 Å². The number of rotatable bonds is 9. The minimum atomic E-state index is -0.288. The summed E-state index contributed by atoms with van der Waals surface area (Å²) in [5, 5.41) is 0. The van der Waals surface area contributed by atoms with E-state index in [0.717, 1.165) is 19.5 Å². The first-order chi connectivity index (χ1) is 12.8. The van der Waals surface area contributed by atoms with E-state index in [-0.39, 0.29) is 12.0 Å². The summed E-state index contributed by atoms with van der Waals surface area (Å²) in [6.45, 7) is 4.46. The number of nitrogens with zero attached hydrogens (tertiary/aromatic N) is 1. The summed E-state index contributed by atoms with van der Waals surface area (Å²) < 4.78 is 4.79. The minimum absolute atomic E-state index is 0.143. The second-order valence-corrected chi connectivity index (χ2v) is 7.10. The van der Waals surface area contributed by atoms with Crippen molar-refractivity contribution in [3.05, 3.63) is 35.4 Å². The molecule has 0 spiro atoms. The number of unbranched alkanes of at least 4 members (excludes halogenated alkanes) is 6. The van der Waals surface area contributed by atoms with Crippen molar-refractivity contribution in [2.45, 2.75) is 70.8 Å². The largest absolute Gasteiger partial charge is 0.465 e. The van der Waals surface area contributed by atoms with Crippen LogP contribution in [0, 0.1) is 11.8 Å². The lowest BCUT2D eigenvalue weighted by Crippen LogP contribution is -2.24. The highest BCUT2D eigenvalue weighted by atomic mass is 16.5. The average Bonchev–Trinajstić information content (AvgIpc) is 3.21. The zero-order valence-electron chi connectivity index (χ0n) is 16.4. The molecular weight excluding hydrogens is 322 g/mol. The van der Waals surface area contributed by atoms with Crippen LogP contribution in [0.15, 0.2) is 24.3 Å². The van der Waals surface area contributed by atoms with Crippen LogP contribution < -0.4 is 0 Å². The molecule has 0 saturated carbocycles. The first-order valence-electron chi connectivity index (χ1n) is 10.2. The van der Waals surface area contributed by atoms with Crippen LogP contribution in [-0.2, 0) is 4.74 Å². The molecule has 1 aliphatic heterocycles. The topological polar surface area (TPSA) is 29.5 Å². The maximum absolute atomic E-state index is 11.6. The summed E-state index contributed by atoms with van der Waals surface area (Å²) >= 11 is 0. The quantitative estimate of drug-likeness (QED) is 0.339. The Morgan fingerprint density at radius 2 is 1.73 bits per heavy atom. The van der Waals surface area contributed by atoms with Crippen molar-refractivity contribution in [2.75, 3.05) is 20.2 Å². The molecule has 1 aromatic rings. The summed E-state index contributed by atoms with van der Waals surface area (Å²) in [7, 11) is 1.41. The molecule has 0 radical (unpaired) electrons. The SMILES string of the molecule is CCCCCCCCC#CC(c1ccc(C(=O)OC)cc1)N1CCCC1. The van der Waals surface area contributed by atoms with Crippen LogP contribution in [0.5, 0.6) is 0 Å². The molecule has 26 heavy (non-hydrogen) atoms. The lowest BCUT2D eigenvalue weighted by atomic mass is 10.0. The Bertz CT molecular complexity index is 591. The van der Waals surface area contributed by atoms with Crippen molar-refractivity contribution in [2.24, 2.45) is 0 Å². The van der Waals surface area contributed by atoms with Crippen molar-refractivity contribution in [3.63, 3.8) is 0 Å². The maximum atomic E-state index is 11.6. The van der Waals surface area contributed by atoms with Crippen LogP contribution in [0.3, 0.4) is 0 Å². The number of ether oxygens (including phenoxy) is 1. The Morgan fingerprint density at radius 1 is 1.08 bits per heavy atom. The molecule has 1 heterocycles. The van der Waals surface area contributed by atoms with Gasteiger partial charge in [-0.1, -0.05) is 57.1 Å². The molecule has 1 aromatic carbocycles. The van der Waals surface area contributed by atoms with Crippen molar-refractivity contribution < 1.29 is 9.53 Å². The molecule has 1 atom stereocenters. The van der Waals surface area contributed by atoms with E-state index in [4.69, 9.17) is 4.74 Å². The molecule has 0 bridgehead atoms. The van der Waals surface area contributed by atoms with Gasteiger partial charge in [0.15, 0.2) is 0 Å². The van der Waals surface area contributed by atoms with Gasteiger partial charge < -0.3 is 4.74 Å². The summed E-state index contributed by atoms with van der Waals surface area (Å²) in [5.41, 5.74) is 1.77. The van der Waals surface area contributed by atoms with Crippen LogP contribution in [-0.4, -0.2) is 31.1 Å². The zero-order valence-corrected chi connectivity index (χ0v) is 16.4. The number of carbonyl (C=O) groups is 1. The number of methoxy groups -OCH3 is 1. The van der Waals surface area contributed by atoms with Gasteiger partial charge in [-0.05, 0) is 50.0 Å². The van der Waals surface area contributed by atoms with Gasteiger partial charge in [-0.15, -0.1) is 5.92 Å². The normalized spacial score (nSPS) is 15.3. The Labute approximate surface area is 159 Å². The molecule has 0 aliphatic carbocycles. The molecule has 1 fully saturated rings. The molecule has 1 unspecified atom stereocenters. The van der Waals surface area contributed by atoms with E-state index in [1.165, 1.54) is 64.0 Å². The monoisotopic (exact) mass is 355 g/mol. The van der Waals surface area contributed by atoms with Crippen LogP contribution >= 0.6 is 0 Å². The van der Waals surface area contributed by atoms with Crippen LogP contribution in [0.2, 0.25) is 0 Å². The van der Waals surface area contributed by atoms with Gasteiger partial charge in [0.25, 0.3) is 0 Å². The van der Waals surface area contributed by atoms with E-state index >= 15 is 0 Å². The molecule has 0 amide bonds. The number of hydrogen-bond acceptors (Lipinski definition) is 3. The van der Waals surface area contributed by atoms with E-state index in [2.05, 4.69) is 23.7 Å². The summed E-state index contributed by atoms with van der Waals surface area (Å²) in [4.78, 5) is 14.1. The minimum Gasteiger partial charge on any atom is -0.465 e. The molecule has 3 nitrogen and oxygen atoms in total. The molecular formula is C23H33NO2. The van der Waals surface area contributed by atoms with Crippen LogP contribution in [0.4, 0.5) is 0 Å². The number of esters is 1. The maximum Gasteiger partial charge on any atom is 0.337 e. The Kier molecular flexibility index (Phi) is 9.28. The number of benzene rings is 1. The zero-order chi connectivity index (χ0) is 18.6. The third-order valence-electron chi connectivity index (χ3n) is 5.05. The average molecular weight is 356 g/mol. The van der Waals surface area contributed by atoms with Crippen molar-refractivity contribution >= 4 is 5.97 Å². The highest BCUT2D eigenvalue weighted by molar-refractivity contribution is 5.89. The molecule has 0 aromatic heterocycles. The fraction of sp³-hybridized carbons (Fsp3) is 0.609. The lowest BCUT2D eigenvalue weighted by molar-refractivity contribution is 0.0600. The second-order valence-electron chi connectivity index (χ2n) is 7.10. The van der Waals surface area contributed by atoms with Crippen LogP contribution in [0.25, 0.3) is 0 Å². The van der Waals surface area contributed by atoms with Crippen molar-refractivity contribution in [1.29, 1.82) is 0 Å². The van der Waals surface area contributed by atoms with Crippen molar-refractivity contribution in [3.8, 4) is 11.8 Å². The molecule has 2 rings (SSSR count). The summed E-state index contributed by atoms with van der Waals surface area (Å²) in [5.74, 6) is 6.63. The van der Waals surface area contributed by atoms with Gasteiger partial charge in [0, 0.05) is 6.42 Å². The third kappa shape index (κ3) is 6.50. The van der Waals surface area contributed by atoms with Gasteiger partial charge in [0.1, 0.15) is 0 Å². The Morgan fingerprint density at radius 3 is 2.38 bits per heavy atom. The number of carbonyl (C=O) groups excluding carboxylic acids is 1. The summed E-state index contributed by atoms with van der Waals surface area (Å²) in [6, 6.07) is 7.88. The fourth-order valence-corrected chi connectivity index (χ4v) is 3.47. The van der Waals surface area contributed by atoms with Gasteiger partial charge >= 0.3 is 5.97 Å². The second kappa shape index (κ2) is 11.8. The number of hydrogen-bond donors (Lipinski definition) is 0. The Balaban J connectivity index is 1.94. The molecule has 142 valence electrons. The molecule has 3 heteroatoms. The van der Waals surface area contributed by atoms with Crippen LogP contribution in [0.1, 0.15) is 86.7 Å². The Hall–Kier alpha value is -1.79. The highest BCUT2D eigenvalue weighted by Crippen LogP contribution is 2.25. The first kappa shape index (κ1) is 20.5. The lowest BCUT2D eigenvalue weighted by Gasteiger charge is -2.23. The predicted octanol–water partition coefficient (Wildman–Crippen LogP) is 5.36. The van der Waals surface area contributed by atoms with E-state index in [1.54, 1.807) is 0 Å². The first-order valence-corrected chi connectivity index (χ1v) is 10.2. The fourth-order valence-electron chi connectivity index (χ4n) is 3.47. The van der Waals surface area contributed by atoms with Gasteiger partial charge in [0.05, 0.1) is 18.7 Å². The van der Waals surface area contributed by atoms with E-state index < -0.39 is 0 Å². The van der Waals surface area contributed by atoms with Gasteiger partial charge in [-0.25, -0.2) is 4.79 Å². The van der Waals surface area contributed by atoms with Gasteiger partial charge in [0.2, 0.25) is 0 Å². The number of likely N-dealkylation sites (tertiary alicyclic amines) is 1. The summed E-state index contributed by atoms with van der Waals surface area (Å²) in [6.07, 6.45) is 11.3. The molecule has 0 N–H and O–H groups in total. The predicted molar refractivity (Wildman–Crippen MR) is 107 cm³/mol. The molecule has 1 saturated heterocycles.